The fourth-order valence-corrected chi connectivity index (χ4v) is 6.34. The van der Waals surface area contributed by atoms with E-state index in [2.05, 4.69) is 10.6 Å². The molecule has 1 aliphatic heterocycles. The first-order valence-electron chi connectivity index (χ1n) is 16.8. The zero-order valence-electron chi connectivity index (χ0n) is 29.0. The lowest BCUT2D eigenvalue weighted by Gasteiger charge is -2.19. The fraction of sp³-hybridized carbons (Fsp3) is 0.0732. The van der Waals surface area contributed by atoms with Crippen LogP contribution in [-0.4, -0.2) is 44.2 Å². The number of aromatic carboxylic acids is 2. The van der Waals surface area contributed by atoms with Crippen LogP contribution in [0.3, 0.4) is 0 Å². The van der Waals surface area contributed by atoms with Crippen molar-refractivity contribution >= 4 is 45.7 Å². The van der Waals surface area contributed by atoms with Crippen molar-refractivity contribution < 1.29 is 57.2 Å². The van der Waals surface area contributed by atoms with Gasteiger partial charge in [0.15, 0.2) is 22.6 Å². The Kier molecular flexibility index (Phi) is 9.68. The Hall–Kier alpha value is -7.88. The van der Waals surface area contributed by atoms with E-state index in [1.54, 1.807) is 12.1 Å². The Morgan fingerprint density at radius 3 is 2.16 bits per heavy atom. The van der Waals surface area contributed by atoms with Crippen LogP contribution in [0.1, 0.15) is 47.8 Å². The van der Waals surface area contributed by atoms with Crippen molar-refractivity contribution in [2.24, 2.45) is 0 Å². The fourth-order valence-electron chi connectivity index (χ4n) is 6.34. The molecule has 6 N–H and O–H groups in total. The number of aromatic hydroxyl groups is 2. The van der Waals surface area contributed by atoms with Crippen molar-refractivity contribution in [1.29, 1.82) is 0 Å². The van der Waals surface area contributed by atoms with Gasteiger partial charge < -0.3 is 39.9 Å². The van der Waals surface area contributed by atoms with Crippen molar-refractivity contribution in [3.8, 4) is 33.9 Å². The second kappa shape index (κ2) is 14.7. The van der Waals surface area contributed by atoms with Crippen LogP contribution in [0.25, 0.3) is 44.4 Å². The number of amides is 2. The molecule has 7 rings (SSSR count). The molecule has 2 aliphatic rings. The Balaban J connectivity index is 1.08. The van der Waals surface area contributed by atoms with Gasteiger partial charge in [-0.2, -0.15) is 4.39 Å². The molecular formula is C41H26F2N2O12. The zero-order valence-corrected chi connectivity index (χ0v) is 29.0. The Labute approximate surface area is 317 Å². The molecule has 5 aromatic rings. The number of hydrogen-bond donors (Lipinski definition) is 6. The van der Waals surface area contributed by atoms with Gasteiger partial charge >= 0.3 is 17.6 Å². The van der Waals surface area contributed by atoms with Gasteiger partial charge in [-0.3, -0.25) is 14.4 Å². The lowest BCUT2D eigenvalue weighted by molar-refractivity contribution is -0.120. The third-order valence-corrected chi connectivity index (χ3v) is 9.15. The topological polar surface area (TPSA) is 234 Å². The maximum atomic E-state index is 14.1. The Morgan fingerprint density at radius 2 is 1.44 bits per heavy atom. The number of carboxylic acid groups (broad SMARTS) is 2. The third-order valence-electron chi connectivity index (χ3n) is 9.15. The molecule has 1 aromatic heterocycles. The van der Waals surface area contributed by atoms with E-state index in [0.29, 0.717) is 10.9 Å². The molecular weight excluding hydrogens is 750 g/mol. The zero-order chi connectivity index (χ0) is 40.7. The van der Waals surface area contributed by atoms with Crippen LogP contribution in [0.4, 0.5) is 8.78 Å². The second-order valence-electron chi connectivity index (χ2n) is 12.8. The number of nitrogens with one attached hydrogen (secondary N) is 2. The first-order chi connectivity index (χ1) is 27.2. The normalized spacial score (nSPS) is 11.2. The Morgan fingerprint density at radius 1 is 0.719 bits per heavy atom. The van der Waals surface area contributed by atoms with E-state index < -0.39 is 64.2 Å². The van der Waals surface area contributed by atoms with Crippen molar-refractivity contribution in [3.05, 3.63) is 151 Å². The molecule has 286 valence electrons. The average Bonchev–Trinajstić information content (AvgIpc) is 3.18. The number of hydrogen-bond acceptors (Lipinski definition) is 10. The van der Waals surface area contributed by atoms with Crippen molar-refractivity contribution in [3.63, 3.8) is 0 Å². The quantitative estimate of drug-likeness (QED) is 0.0742. The highest BCUT2D eigenvalue weighted by Crippen LogP contribution is 2.43. The van der Waals surface area contributed by atoms with E-state index in [1.165, 1.54) is 54.6 Å². The molecule has 0 radical (unpaired) electrons. The van der Waals surface area contributed by atoms with Crippen molar-refractivity contribution in [1.82, 2.24) is 10.6 Å². The van der Waals surface area contributed by atoms with Crippen LogP contribution in [0.15, 0.2) is 103 Å². The van der Waals surface area contributed by atoms with Gasteiger partial charge in [0.1, 0.15) is 17.1 Å². The number of fused-ring (bicyclic) bond motifs is 3. The van der Waals surface area contributed by atoms with E-state index in [1.807, 2.05) is 0 Å². The van der Waals surface area contributed by atoms with E-state index in [9.17, 15) is 58.0 Å². The molecule has 14 nitrogen and oxygen atoms in total. The number of phenolic OH excluding ortho intramolecular Hbond substituents is 2. The van der Waals surface area contributed by atoms with Crippen LogP contribution in [0, 0.1) is 11.6 Å². The molecule has 0 spiro atoms. The molecule has 4 aromatic carbocycles. The van der Waals surface area contributed by atoms with Gasteiger partial charge in [0.05, 0.1) is 29.7 Å². The molecule has 0 unspecified atom stereocenters. The molecule has 0 saturated heterocycles. The summed E-state index contributed by atoms with van der Waals surface area (Å²) in [7, 11) is 0. The van der Waals surface area contributed by atoms with Crippen LogP contribution in [0.5, 0.6) is 11.5 Å². The summed E-state index contributed by atoms with van der Waals surface area (Å²) in [4.78, 5) is 75.4. The van der Waals surface area contributed by atoms with Gasteiger partial charge in [0, 0.05) is 45.6 Å². The summed E-state index contributed by atoms with van der Waals surface area (Å²) < 4.78 is 38.9. The molecule has 1 aliphatic carbocycles. The molecule has 16 heteroatoms. The molecule has 0 bridgehead atoms. The third kappa shape index (κ3) is 7.21. The lowest BCUT2D eigenvalue weighted by atomic mass is 9.88. The first kappa shape index (κ1) is 37.4. The van der Waals surface area contributed by atoms with E-state index >= 15 is 0 Å². The SMILES string of the molecule is O=C(Cc1cc2cc(F)c(O)c(F)c2oc1=O)NCc1ccc(C(=O)NCc2c3oc4cc(O)ccc4c(-c4ccc(C(=O)O)cc4C(=O)O)c-3ccc2=O)cc1. The molecule has 2 amide bonds. The predicted octanol–water partition coefficient (Wildman–Crippen LogP) is 5.55. The summed E-state index contributed by atoms with van der Waals surface area (Å²) in [5.74, 6) is -8.19. The highest BCUT2D eigenvalue weighted by Gasteiger charge is 2.26. The first-order valence-corrected chi connectivity index (χ1v) is 16.8. The monoisotopic (exact) mass is 776 g/mol. The smallest absolute Gasteiger partial charge is 0.340 e. The van der Waals surface area contributed by atoms with Gasteiger partial charge in [0.25, 0.3) is 5.91 Å². The number of halogens is 2. The summed E-state index contributed by atoms with van der Waals surface area (Å²) in [6.07, 6.45) is -0.485. The van der Waals surface area contributed by atoms with Crippen LogP contribution < -0.4 is 21.7 Å². The standard InChI is InChI=1S/C41H26F2N2O12/c42-29-13-21-11-22(41(55)57-36(21)34(43)35(29)49)14-32(48)44-16-18-1-3-19(4-2-18)38(50)45-17-28-30(47)10-9-26-33(25-8-6-23(46)15-31(25)56-37(26)28)24-7-5-20(39(51)52)12-27(24)40(53)54/h1-13,15,46,49H,14,16-17H2,(H,44,48)(H,45,50)(H,51,52)(H,53,54). The molecule has 0 atom stereocenters. The van der Waals surface area contributed by atoms with Crippen LogP contribution >= 0.6 is 0 Å². The van der Waals surface area contributed by atoms with E-state index in [0.717, 1.165) is 18.2 Å². The van der Waals surface area contributed by atoms with Gasteiger partial charge in [0.2, 0.25) is 11.7 Å². The highest BCUT2D eigenvalue weighted by atomic mass is 19.1. The molecule has 0 saturated carbocycles. The van der Waals surface area contributed by atoms with Crippen LogP contribution in [0.2, 0.25) is 0 Å². The number of carbonyl (C=O) groups excluding carboxylic acids is 2. The van der Waals surface area contributed by atoms with Crippen molar-refractivity contribution in [2.45, 2.75) is 19.5 Å². The minimum absolute atomic E-state index is 0.000395. The summed E-state index contributed by atoms with van der Waals surface area (Å²) >= 11 is 0. The van der Waals surface area contributed by atoms with Crippen molar-refractivity contribution in [2.75, 3.05) is 0 Å². The minimum atomic E-state index is -1.44. The minimum Gasteiger partial charge on any atom is -0.508 e. The molecule has 57 heavy (non-hydrogen) atoms. The number of carboxylic acids is 2. The average molecular weight is 777 g/mol. The largest absolute Gasteiger partial charge is 0.508 e. The number of phenols is 2. The number of rotatable bonds is 10. The Bertz CT molecular complexity index is 2920. The second-order valence-corrected chi connectivity index (χ2v) is 12.8. The molecule has 0 fully saturated rings. The molecule has 2 heterocycles. The lowest BCUT2D eigenvalue weighted by Crippen LogP contribution is -2.27. The van der Waals surface area contributed by atoms with Gasteiger partial charge in [-0.25, -0.2) is 18.8 Å². The van der Waals surface area contributed by atoms with Gasteiger partial charge in [-0.05, 0) is 71.8 Å². The van der Waals surface area contributed by atoms with E-state index in [4.69, 9.17) is 8.83 Å². The maximum absolute atomic E-state index is 14.1. The summed E-state index contributed by atoms with van der Waals surface area (Å²) in [6.45, 7) is -0.366. The van der Waals surface area contributed by atoms with Crippen LogP contribution in [-0.2, 0) is 24.3 Å². The summed E-state index contributed by atoms with van der Waals surface area (Å²) in [5, 5.41) is 44.6. The highest BCUT2D eigenvalue weighted by molar-refractivity contribution is 6.09. The summed E-state index contributed by atoms with van der Waals surface area (Å²) in [5.41, 5.74) is -1.54. The number of benzene rings is 5. The summed E-state index contributed by atoms with van der Waals surface area (Å²) in [6, 6.07) is 18.2. The van der Waals surface area contributed by atoms with Gasteiger partial charge in [-0.15, -0.1) is 0 Å². The predicted molar refractivity (Wildman–Crippen MR) is 197 cm³/mol. The number of carbonyl (C=O) groups is 4. The van der Waals surface area contributed by atoms with Gasteiger partial charge in [-0.1, -0.05) is 18.2 Å². The van der Waals surface area contributed by atoms with E-state index in [-0.39, 0.29) is 80.1 Å². The maximum Gasteiger partial charge on any atom is 0.340 e.